The average molecular weight is 237 g/mol. The van der Waals surface area contributed by atoms with E-state index in [0.717, 1.165) is 30.9 Å². The molecule has 1 aromatic rings. The van der Waals surface area contributed by atoms with Crippen LogP contribution in [0.3, 0.4) is 0 Å². The molecule has 1 rings (SSSR count). The monoisotopic (exact) mass is 237 g/mol. The van der Waals surface area contributed by atoms with E-state index in [2.05, 4.69) is 11.8 Å². The maximum atomic E-state index is 9.92. The molecule has 0 spiro atoms. The molecule has 0 aliphatic carbocycles. The summed E-state index contributed by atoms with van der Waals surface area (Å²) in [6, 6.07) is 6.02. The van der Waals surface area contributed by atoms with E-state index in [-0.39, 0.29) is 6.04 Å². The van der Waals surface area contributed by atoms with Gasteiger partial charge in [0.2, 0.25) is 0 Å². The number of rotatable bonds is 6. The van der Waals surface area contributed by atoms with Crippen LogP contribution in [0.25, 0.3) is 0 Å². The Bertz CT molecular complexity index is 352. The lowest BCUT2D eigenvalue weighted by atomic mass is 10.0. The number of aryl methyl sites for hydroxylation is 1. The van der Waals surface area contributed by atoms with Gasteiger partial charge in [0.05, 0.1) is 6.61 Å². The van der Waals surface area contributed by atoms with Crippen LogP contribution in [0.5, 0.6) is 5.75 Å². The van der Waals surface area contributed by atoms with Crippen molar-refractivity contribution < 1.29 is 9.84 Å². The highest BCUT2D eigenvalue weighted by Crippen LogP contribution is 2.28. The van der Waals surface area contributed by atoms with Crippen molar-refractivity contribution in [3.05, 3.63) is 29.3 Å². The molecule has 0 amide bonds. The number of ether oxygens (including phenoxy) is 1. The Morgan fingerprint density at radius 3 is 2.71 bits per heavy atom. The topological polar surface area (TPSA) is 32.7 Å². The van der Waals surface area contributed by atoms with Gasteiger partial charge in [0.15, 0.2) is 0 Å². The summed E-state index contributed by atoms with van der Waals surface area (Å²) in [6.45, 7) is 8.41. The second-order valence-corrected chi connectivity index (χ2v) is 4.42. The van der Waals surface area contributed by atoms with E-state index in [4.69, 9.17) is 4.74 Å². The van der Waals surface area contributed by atoms with E-state index >= 15 is 0 Å². The van der Waals surface area contributed by atoms with Crippen LogP contribution in [0, 0.1) is 6.92 Å². The maximum Gasteiger partial charge on any atom is 0.120 e. The predicted molar refractivity (Wildman–Crippen MR) is 70.4 cm³/mol. The van der Waals surface area contributed by atoms with Crippen molar-refractivity contribution >= 4 is 0 Å². The second kappa shape index (κ2) is 6.62. The number of hydrogen-bond acceptors (Lipinski definition) is 3. The summed E-state index contributed by atoms with van der Waals surface area (Å²) in [4.78, 5) is 2.18. The van der Waals surface area contributed by atoms with Gasteiger partial charge in [0.25, 0.3) is 0 Å². The lowest BCUT2D eigenvalue weighted by molar-refractivity contribution is 0.110. The highest BCUT2D eigenvalue weighted by Gasteiger charge is 2.14. The molecule has 0 radical (unpaired) electrons. The van der Waals surface area contributed by atoms with Crippen LogP contribution in [0.15, 0.2) is 18.2 Å². The maximum absolute atomic E-state index is 9.92. The molecule has 0 aliphatic rings. The predicted octanol–water partition coefficient (Wildman–Crippen LogP) is 2.73. The normalized spacial score (nSPS) is 13.0. The third kappa shape index (κ3) is 4.02. The van der Waals surface area contributed by atoms with Gasteiger partial charge in [-0.2, -0.15) is 0 Å². The first-order valence-corrected chi connectivity index (χ1v) is 6.13. The Morgan fingerprint density at radius 1 is 1.41 bits per heavy atom. The van der Waals surface area contributed by atoms with E-state index in [0.29, 0.717) is 5.75 Å². The average Bonchev–Trinajstić information content (AvgIpc) is 2.28. The molecule has 0 aromatic heterocycles. The molecule has 0 saturated carbocycles. The van der Waals surface area contributed by atoms with Crippen molar-refractivity contribution in [2.24, 2.45) is 0 Å². The molecular formula is C14H23NO2. The van der Waals surface area contributed by atoms with E-state index < -0.39 is 0 Å². The quantitative estimate of drug-likeness (QED) is 0.772. The third-order valence-electron chi connectivity index (χ3n) is 3.09. The molecule has 0 aliphatic heterocycles. The van der Waals surface area contributed by atoms with Crippen LogP contribution in [0.1, 0.15) is 31.0 Å². The Kier molecular flexibility index (Phi) is 5.45. The summed E-state index contributed by atoms with van der Waals surface area (Å²) in [6.07, 6.45) is 0. The van der Waals surface area contributed by atoms with Crippen LogP contribution >= 0.6 is 0 Å². The summed E-state index contributed by atoms with van der Waals surface area (Å²) in [5, 5.41) is 9.92. The highest BCUT2D eigenvalue weighted by atomic mass is 16.5. The number of phenolic OH excluding ortho intramolecular Hbond substituents is 1. The lowest BCUT2D eigenvalue weighted by Gasteiger charge is -2.25. The number of aromatic hydroxyl groups is 1. The first-order chi connectivity index (χ1) is 8.06. The van der Waals surface area contributed by atoms with Crippen molar-refractivity contribution in [3.63, 3.8) is 0 Å². The zero-order chi connectivity index (χ0) is 12.8. The Balaban J connectivity index is 2.64. The van der Waals surface area contributed by atoms with Crippen LogP contribution in [-0.2, 0) is 4.74 Å². The lowest BCUT2D eigenvalue weighted by Crippen LogP contribution is -2.26. The van der Waals surface area contributed by atoms with Crippen LogP contribution in [0.2, 0.25) is 0 Å². The largest absolute Gasteiger partial charge is 0.508 e. The number of benzene rings is 1. The molecule has 3 nitrogen and oxygen atoms in total. The van der Waals surface area contributed by atoms with Gasteiger partial charge >= 0.3 is 0 Å². The van der Waals surface area contributed by atoms with E-state index in [1.165, 1.54) is 0 Å². The van der Waals surface area contributed by atoms with Gasteiger partial charge in [-0.1, -0.05) is 12.1 Å². The molecule has 3 heteroatoms. The van der Waals surface area contributed by atoms with Crippen molar-refractivity contribution in [2.75, 3.05) is 26.8 Å². The first-order valence-electron chi connectivity index (χ1n) is 6.13. The summed E-state index contributed by atoms with van der Waals surface area (Å²) >= 11 is 0. The number of hydrogen-bond donors (Lipinski definition) is 1. The number of phenols is 1. The molecule has 17 heavy (non-hydrogen) atoms. The van der Waals surface area contributed by atoms with Gasteiger partial charge in [-0.05, 0) is 39.4 Å². The standard InChI is InChI=1S/C14H23NO2/c1-5-17-9-8-15(4)12(3)13-7-6-11(2)10-14(13)16/h6-7,10,12,16H,5,8-9H2,1-4H3. The van der Waals surface area contributed by atoms with Crippen molar-refractivity contribution in [1.29, 1.82) is 0 Å². The van der Waals surface area contributed by atoms with Gasteiger partial charge in [0.1, 0.15) is 5.75 Å². The Hall–Kier alpha value is -1.06. The van der Waals surface area contributed by atoms with Gasteiger partial charge in [-0.3, -0.25) is 4.90 Å². The highest BCUT2D eigenvalue weighted by molar-refractivity contribution is 5.37. The zero-order valence-electron chi connectivity index (χ0n) is 11.2. The van der Waals surface area contributed by atoms with E-state index in [1.807, 2.05) is 39.1 Å². The molecule has 1 N–H and O–H groups in total. The molecular weight excluding hydrogens is 214 g/mol. The second-order valence-electron chi connectivity index (χ2n) is 4.42. The summed E-state index contributed by atoms with van der Waals surface area (Å²) in [5.41, 5.74) is 2.05. The van der Waals surface area contributed by atoms with E-state index in [1.54, 1.807) is 0 Å². The Labute approximate surface area is 104 Å². The molecule has 0 heterocycles. The van der Waals surface area contributed by atoms with Crippen molar-refractivity contribution in [1.82, 2.24) is 4.90 Å². The van der Waals surface area contributed by atoms with Crippen LogP contribution in [0.4, 0.5) is 0 Å². The molecule has 1 unspecified atom stereocenters. The van der Waals surface area contributed by atoms with E-state index in [9.17, 15) is 5.11 Å². The molecule has 0 bridgehead atoms. The van der Waals surface area contributed by atoms with Gasteiger partial charge in [0, 0.05) is 24.8 Å². The van der Waals surface area contributed by atoms with Crippen molar-refractivity contribution in [3.8, 4) is 5.75 Å². The number of likely N-dealkylation sites (N-methyl/N-ethyl adjacent to an activating group) is 1. The fourth-order valence-electron chi connectivity index (χ4n) is 1.79. The minimum atomic E-state index is 0.191. The Morgan fingerprint density at radius 2 is 2.12 bits per heavy atom. The SMILES string of the molecule is CCOCCN(C)C(C)c1ccc(C)cc1O. The minimum absolute atomic E-state index is 0.191. The smallest absolute Gasteiger partial charge is 0.120 e. The van der Waals surface area contributed by atoms with Gasteiger partial charge in [-0.25, -0.2) is 0 Å². The third-order valence-corrected chi connectivity index (χ3v) is 3.09. The molecule has 1 aromatic carbocycles. The summed E-state index contributed by atoms with van der Waals surface area (Å²) < 4.78 is 5.34. The zero-order valence-corrected chi connectivity index (χ0v) is 11.2. The number of nitrogens with zero attached hydrogens (tertiary/aromatic N) is 1. The van der Waals surface area contributed by atoms with Crippen molar-refractivity contribution in [2.45, 2.75) is 26.8 Å². The molecule has 0 fully saturated rings. The molecule has 96 valence electrons. The van der Waals surface area contributed by atoms with Crippen LogP contribution in [-0.4, -0.2) is 36.8 Å². The fraction of sp³-hybridized carbons (Fsp3) is 0.571. The van der Waals surface area contributed by atoms with Gasteiger partial charge < -0.3 is 9.84 Å². The fourth-order valence-corrected chi connectivity index (χ4v) is 1.79. The van der Waals surface area contributed by atoms with Crippen LogP contribution < -0.4 is 0 Å². The summed E-state index contributed by atoms with van der Waals surface area (Å²) in [5.74, 6) is 0.376. The first kappa shape index (κ1) is 14.0. The van der Waals surface area contributed by atoms with Gasteiger partial charge in [-0.15, -0.1) is 0 Å². The molecule has 1 atom stereocenters. The molecule has 0 saturated heterocycles. The summed E-state index contributed by atoms with van der Waals surface area (Å²) in [7, 11) is 2.04. The minimum Gasteiger partial charge on any atom is -0.508 e.